The third kappa shape index (κ3) is 0.484. The highest BCUT2D eigenvalue weighted by Crippen LogP contribution is 2.71. The van der Waals surface area contributed by atoms with Crippen LogP contribution >= 0.6 is 15.9 Å². The maximum absolute atomic E-state index is 11.8. The van der Waals surface area contributed by atoms with Gasteiger partial charge in [0.2, 0.25) is 0 Å². The largest absolute Gasteiger partial charge is 0.364 e. The highest BCUT2D eigenvalue weighted by atomic mass is 79.9. The summed E-state index contributed by atoms with van der Waals surface area (Å²) in [5, 5.41) is 0. The number of hydrogen-bond donors (Lipinski definition) is 0. The van der Waals surface area contributed by atoms with E-state index in [2.05, 4.69) is 0 Å². The van der Waals surface area contributed by atoms with Crippen LogP contribution in [0, 0.1) is 0 Å². The quantitative estimate of drug-likeness (QED) is 0.426. The van der Waals surface area contributed by atoms with E-state index in [1.54, 1.807) is 15.9 Å². The van der Waals surface area contributed by atoms with Gasteiger partial charge in [0.25, 0.3) is 0 Å². The minimum Gasteiger partial charge on any atom is -0.217 e. The highest BCUT2D eigenvalue weighted by molar-refractivity contribution is 9.10. The van der Waals surface area contributed by atoms with E-state index < -0.39 is 16.4 Å². The molecule has 0 aromatic heterocycles. The van der Waals surface area contributed by atoms with Crippen molar-refractivity contribution in [2.45, 2.75) is 16.4 Å². The van der Waals surface area contributed by atoms with Crippen molar-refractivity contribution in [3.05, 3.63) is 0 Å². The molecule has 54 valence electrons. The number of hydrogen-bond acceptors (Lipinski definition) is 0. The Labute approximate surface area is 55.2 Å². The van der Waals surface area contributed by atoms with Gasteiger partial charge in [-0.1, -0.05) is 0 Å². The Kier molecular flexibility index (Phi) is 1.01. The van der Waals surface area contributed by atoms with E-state index in [1.165, 1.54) is 0 Å². The molecule has 0 saturated heterocycles. The van der Waals surface area contributed by atoms with Gasteiger partial charge in [0.1, 0.15) is 0 Å². The zero-order valence-corrected chi connectivity index (χ0v) is 5.35. The van der Waals surface area contributed by atoms with Gasteiger partial charge in [-0.25, -0.2) is 4.39 Å². The van der Waals surface area contributed by atoms with Crippen molar-refractivity contribution in [1.82, 2.24) is 0 Å². The molecule has 0 heterocycles. The molecular weight excluding hydrogens is 211 g/mol. The fourth-order valence-electron chi connectivity index (χ4n) is 0.356. The molecule has 0 atom stereocenters. The maximum atomic E-state index is 11.8. The second-order valence-corrected chi connectivity index (χ2v) is 2.82. The number of halogens is 6. The van der Waals surface area contributed by atoms with Gasteiger partial charge >= 0.3 is 16.4 Å². The first-order chi connectivity index (χ1) is 3.75. The molecule has 1 saturated carbocycles. The van der Waals surface area contributed by atoms with Gasteiger partial charge in [-0.15, -0.1) is 0 Å². The van der Waals surface area contributed by atoms with Gasteiger partial charge < -0.3 is 0 Å². The SMILES string of the molecule is FC1(F)C(F)(F)C1(F)Br. The monoisotopic (exact) mass is 210 g/mol. The molecule has 1 aliphatic rings. The van der Waals surface area contributed by atoms with E-state index in [0.29, 0.717) is 0 Å². The van der Waals surface area contributed by atoms with E-state index in [0.717, 1.165) is 0 Å². The third-order valence-electron chi connectivity index (χ3n) is 1.12. The van der Waals surface area contributed by atoms with Gasteiger partial charge in [0.05, 0.1) is 0 Å². The Morgan fingerprint density at radius 1 is 0.778 bits per heavy atom. The van der Waals surface area contributed by atoms with Crippen LogP contribution in [0.25, 0.3) is 0 Å². The Morgan fingerprint density at radius 2 is 0.889 bits per heavy atom. The Bertz CT molecular complexity index is 110. The average Bonchev–Trinajstić information content (AvgIpc) is 1.84. The Hall–Kier alpha value is 0.130. The van der Waals surface area contributed by atoms with Crippen molar-refractivity contribution < 1.29 is 22.0 Å². The van der Waals surface area contributed by atoms with Crippen LogP contribution in [0.15, 0.2) is 0 Å². The van der Waals surface area contributed by atoms with E-state index in [1.807, 2.05) is 0 Å². The zero-order chi connectivity index (χ0) is 7.50. The summed E-state index contributed by atoms with van der Waals surface area (Å²) < 4.78 is 54.0. The zero-order valence-electron chi connectivity index (χ0n) is 3.77. The molecule has 0 nitrogen and oxygen atoms in total. The van der Waals surface area contributed by atoms with Crippen LogP contribution in [-0.4, -0.2) is 16.4 Å². The highest BCUT2D eigenvalue weighted by Gasteiger charge is 2.98. The molecule has 0 N–H and O–H groups in total. The first kappa shape index (κ1) is 7.24. The summed E-state index contributed by atoms with van der Waals surface area (Å²) in [6, 6.07) is 0. The summed E-state index contributed by atoms with van der Waals surface area (Å²) in [4.78, 5) is 0. The number of alkyl halides is 6. The Morgan fingerprint density at radius 3 is 0.889 bits per heavy atom. The number of rotatable bonds is 0. The molecule has 0 aliphatic heterocycles. The van der Waals surface area contributed by atoms with Gasteiger partial charge in [-0.2, -0.15) is 17.6 Å². The summed E-state index contributed by atoms with van der Waals surface area (Å²) in [6.07, 6.45) is 0. The van der Waals surface area contributed by atoms with Crippen molar-refractivity contribution in [3.8, 4) is 0 Å². The van der Waals surface area contributed by atoms with Crippen molar-refractivity contribution in [2.75, 3.05) is 0 Å². The molecular formula is C3BrF5. The molecule has 0 aromatic rings. The molecule has 9 heavy (non-hydrogen) atoms. The predicted octanol–water partition coefficient (Wildman–Crippen LogP) is 2.33. The first-order valence-electron chi connectivity index (χ1n) is 1.88. The van der Waals surface area contributed by atoms with E-state index in [9.17, 15) is 22.0 Å². The van der Waals surface area contributed by atoms with Crippen molar-refractivity contribution >= 4 is 15.9 Å². The maximum Gasteiger partial charge on any atom is 0.364 e. The van der Waals surface area contributed by atoms with Crippen LogP contribution in [-0.2, 0) is 0 Å². The topological polar surface area (TPSA) is 0 Å². The van der Waals surface area contributed by atoms with Gasteiger partial charge in [0.15, 0.2) is 0 Å². The molecule has 0 amide bonds. The van der Waals surface area contributed by atoms with Crippen LogP contribution in [0.2, 0.25) is 0 Å². The average molecular weight is 211 g/mol. The lowest BCUT2D eigenvalue weighted by Gasteiger charge is -1.85. The van der Waals surface area contributed by atoms with Crippen LogP contribution in [0.4, 0.5) is 22.0 Å². The molecule has 0 bridgehead atoms. The van der Waals surface area contributed by atoms with E-state index in [4.69, 9.17) is 0 Å². The fourth-order valence-corrected chi connectivity index (χ4v) is 0.755. The van der Waals surface area contributed by atoms with Crippen LogP contribution in [0.1, 0.15) is 0 Å². The molecule has 1 rings (SSSR count). The molecule has 1 fully saturated rings. The smallest absolute Gasteiger partial charge is 0.217 e. The summed E-state index contributed by atoms with van der Waals surface area (Å²) in [5.74, 6) is -9.08. The van der Waals surface area contributed by atoms with Crippen molar-refractivity contribution in [3.63, 3.8) is 0 Å². The molecule has 0 spiro atoms. The molecule has 0 aromatic carbocycles. The molecule has 0 unspecified atom stereocenters. The lowest BCUT2D eigenvalue weighted by Crippen LogP contribution is -2.02. The predicted molar refractivity (Wildman–Crippen MR) is 22.7 cm³/mol. The Balaban J connectivity index is 2.91. The standard InChI is InChI=1S/C3BrF5/c4-1(5)2(6,7)3(1,8)9. The molecule has 0 radical (unpaired) electrons. The second kappa shape index (κ2) is 1.26. The third-order valence-corrected chi connectivity index (χ3v) is 2.12. The first-order valence-corrected chi connectivity index (χ1v) is 2.68. The van der Waals surface area contributed by atoms with Crippen LogP contribution < -0.4 is 0 Å². The van der Waals surface area contributed by atoms with Gasteiger partial charge in [-0.3, -0.25) is 0 Å². The van der Waals surface area contributed by atoms with Gasteiger partial charge in [0, 0.05) is 0 Å². The van der Waals surface area contributed by atoms with Crippen molar-refractivity contribution in [2.24, 2.45) is 0 Å². The minimum absolute atomic E-state index is 1.56. The van der Waals surface area contributed by atoms with Crippen LogP contribution in [0.5, 0.6) is 0 Å². The second-order valence-electron chi connectivity index (χ2n) is 1.72. The lowest BCUT2D eigenvalue weighted by molar-refractivity contribution is -0.0278. The minimum atomic E-state index is -4.54. The molecule has 1 aliphatic carbocycles. The molecule has 6 heteroatoms. The van der Waals surface area contributed by atoms with Gasteiger partial charge in [-0.05, 0) is 15.9 Å². The summed E-state index contributed by atoms with van der Waals surface area (Å²) in [5.41, 5.74) is 0. The van der Waals surface area contributed by atoms with Crippen molar-refractivity contribution in [1.29, 1.82) is 0 Å². The fraction of sp³-hybridized carbons (Fsp3) is 1.00. The van der Waals surface area contributed by atoms with E-state index >= 15 is 0 Å². The van der Waals surface area contributed by atoms with Crippen LogP contribution in [0.3, 0.4) is 0 Å². The summed E-state index contributed by atoms with van der Waals surface area (Å²) in [7, 11) is 0. The van der Waals surface area contributed by atoms with E-state index in [-0.39, 0.29) is 0 Å². The normalized spacial score (nSPS) is 34.0. The lowest BCUT2D eigenvalue weighted by atomic mass is 10.8. The summed E-state index contributed by atoms with van der Waals surface area (Å²) >= 11 is 1.56. The summed E-state index contributed by atoms with van der Waals surface area (Å²) in [6.45, 7) is 0.